The van der Waals surface area contributed by atoms with Gasteiger partial charge in [0.15, 0.2) is 6.04 Å². The number of anilines is 1. The lowest BCUT2D eigenvalue weighted by Crippen LogP contribution is -2.21. The van der Waals surface area contributed by atoms with Gasteiger partial charge in [0.25, 0.3) is 0 Å². The van der Waals surface area contributed by atoms with Crippen LogP contribution in [0.5, 0.6) is 5.88 Å². The van der Waals surface area contributed by atoms with Crippen LogP contribution in [0.4, 0.5) is 5.82 Å². The van der Waals surface area contributed by atoms with Crippen LogP contribution < -0.4 is 10.1 Å². The van der Waals surface area contributed by atoms with Gasteiger partial charge in [-0.3, -0.25) is 4.68 Å². The number of nitrogens with one attached hydrogen (secondary N) is 1. The monoisotopic (exact) mass is 291 g/mol. The molecule has 112 valence electrons. The summed E-state index contributed by atoms with van der Waals surface area (Å²) in [7, 11) is 1.73. The van der Waals surface area contributed by atoms with Crippen LogP contribution in [0.3, 0.4) is 0 Å². The van der Waals surface area contributed by atoms with Crippen LogP contribution in [0, 0.1) is 6.92 Å². The zero-order valence-corrected chi connectivity index (χ0v) is 12.1. The Morgan fingerprint density at radius 2 is 2.29 bits per heavy atom. The Balaban J connectivity index is 2.27. The largest absolute Gasteiger partial charge is 0.479 e. The Bertz CT molecular complexity index is 640. The first-order valence-corrected chi connectivity index (χ1v) is 6.46. The predicted molar refractivity (Wildman–Crippen MR) is 75.1 cm³/mol. The maximum absolute atomic E-state index is 11.4. The number of nitrogens with zero attached hydrogens (tertiary/aromatic N) is 4. The zero-order valence-electron chi connectivity index (χ0n) is 12.1. The predicted octanol–water partition coefficient (Wildman–Crippen LogP) is 1.16. The number of hydrogen-bond acceptors (Lipinski definition) is 6. The Morgan fingerprint density at radius 1 is 1.52 bits per heavy atom. The maximum atomic E-state index is 11.4. The molecule has 21 heavy (non-hydrogen) atoms. The van der Waals surface area contributed by atoms with Crippen molar-refractivity contribution in [2.45, 2.75) is 19.9 Å². The summed E-state index contributed by atoms with van der Waals surface area (Å²) >= 11 is 0. The number of aryl methyl sites for hydroxylation is 2. The fourth-order valence-corrected chi connectivity index (χ4v) is 1.86. The molecule has 0 bridgehead atoms. The minimum Gasteiger partial charge on any atom is -0.479 e. The van der Waals surface area contributed by atoms with Crippen LogP contribution in [-0.4, -0.2) is 37.4 Å². The van der Waals surface area contributed by atoms with Crippen LogP contribution in [-0.2, 0) is 11.8 Å². The zero-order chi connectivity index (χ0) is 15.4. The average Bonchev–Trinajstić information content (AvgIpc) is 2.82. The second-order valence-electron chi connectivity index (χ2n) is 4.43. The van der Waals surface area contributed by atoms with Gasteiger partial charge in [-0.1, -0.05) is 0 Å². The van der Waals surface area contributed by atoms with Gasteiger partial charge in [0, 0.05) is 24.9 Å². The fraction of sp³-hybridized carbons (Fsp3) is 0.385. The van der Waals surface area contributed by atoms with Crippen molar-refractivity contribution in [2.75, 3.05) is 11.9 Å². The first-order chi connectivity index (χ1) is 9.99. The lowest BCUT2D eigenvalue weighted by atomic mass is 10.1. The summed E-state index contributed by atoms with van der Waals surface area (Å²) in [5.41, 5.74) is 0.541. The van der Waals surface area contributed by atoms with Crippen molar-refractivity contribution in [3.05, 3.63) is 29.8 Å². The third kappa shape index (κ3) is 3.68. The number of rotatable bonds is 6. The minimum atomic E-state index is -1.02. The van der Waals surface area contributed by atoms with Crippen LogP contribution in [0.25, 0.3) is 0 Å². The average molecular weight is 291 g/mol. The molecule has 0 saturated heterocycles. The summed E-state index contributed by atoms with van der Waals surface area (Å²) in [4.78, 5) is 19.7. The number of aromatic nitrogens is 4. The van der Waals surface area contributed by atoms with E-state index in [4.69, 9.17) is 4.74 Å². The van der Waals surface area contributed by atoms with Gasteiger partial charge in [-0.05, 0) is 13.8 Å². The molecule has 2 N–H and O–H groups in total. The molecule has 0 saturated carbocycles. The SMILES string of the molecule is CCOc1cc(NC(C(=O)O)c2cnn(C)c2)nc(C)n1. The number of hydrogen-bond donors (Lipinski definition) is 2. The van der Waals surface area contributed by atoms with E-state index in [1.54, 1.807) is 30.9 Å². The van der Waals surface area contributed by atoms with Crippen molar-refractivity contribution >= 4 is 11.8 Å². The Hall–Kier alpha value is -2.64. The molecule has 0 aliphatic heterocycles. The molecule has 1 unspecified atom stereocenters. The molecular formula is C13H17N5O3. The number of carbonyl (C=O) groups is 1. The van der Waals surface area contributed by atoms with Crippen molar-refractivity contribution in [2.24, 2.45) is 7.05 Å². The molecule has 0 aliphatic carbocycles. The van der Waals surface area contributed by atoms with Gasteiger partial charge < -0.3 is 15.2 Å². The molecule has 2 rings (SSSR count). The van der Waals surface area contributed by atoms with Gasteiger partial charge in [-0.15, -0.1) is 0 Å². The second-order valence-corrected chi connectivity index (χ2v) is 4.43. The highest BCUT2D eigenvalue weighted by Crippen LogP contribution is 2.20. The number of ether oxygens (including phenoxy) is 1. The Morgan fingerprint density at radius 3 is 2.86 bits per heavy atom. The van der Waals surface area contributed by atoms with E-state index < -0.39 is 12.0 Å². The molecule has 1 atom stereocenters. The van der Waals surface area contributed by atoms with Crippen LogP contribution >= 0.6 is 0 Å². The number of carboxylic acids is 1. The van der Waals surface area contributed by atoms with Gasteiger partial charge >= 0.3 is 5.97 Å². The third-order valence-electron chi connectivity index (χ3n) is 2.70. The van der Waals surface area contributed by atoms with E-state index in [1.165, 1.54) is 6.20 Å². The van der Waals surface area contributed by atoms with Crippen molar-refractivity contribution in [3.63, 3.8) is 0 Å². The van der Waals surface area contributed by atoms with Crippen molar-refractivity contribution in [3.8, 4) is 5.88 Å². The van der Waals surface area contributed by atoms with Crippen LogP contribution in [0.1, 0.15) is 24.4 Å². The molecule has 0 radical (unpaired) electrons. The van der Waals surface area contributed by atoms with Gasteiger partial charge in [-0.2, -0.15) is 10.1 Å². The highest BCUT2D eigenvalue weighted by Gasteiger charge is 2.22. The van der Waals surface area contributed by atoms with Gasteiger partial charge in [0.05, 0.1) is 12.8 Å². The Kier molecular flexibility index (Phi) is 4.36. The smallest absolute Gasteiger partial charge is 0.330 e. The lowest BCUT2D eigenvalue weighted by molar-refractivity contribution is -0.138. The standard InChI is InChI=1S/C13H17N5O3/c1-4-21-11-5-10(15-8(2)16-11)17-12(13(19)20)9-6-14-18(3)7-9/h5-7,12H,4H2,1-3H3,(H,19,20)(H,15,16,17). The molecule has 0 aliphatic rings. The lowest BCUT2D eigenvalue weighted by Gasteiger charge is -2.14. The van der Waals surface area contributed by atoms with Crippen LogP contribution in [0.2, 0.25) is 0 Å². The molecular weight excluding hydrogens is 274 g/mol. The number of carboxylic acid groups (broad SMARTS) is 1. The van der Waals surface area contributed by atoms with E-state index in [-0.39, 0.29) is 0 Å². The highest BCUT2D eigenvalue weighted by molar-refractivity contribution is 5.78. The summed E-state index contributed by atoms with van der Waals surface area (Å²) < 4.78 is 6.87. The first-order valence-electron chi connectivity index (χ1n) is 6.46. The van der Waals surface area contributed by atoms with Crippen LogP contribution in [0.15, 0.2) is 18.5 Å². The summed E-state index contributed by atoms with van der Waals surface area (Å²) in [5, 5.41) is 16.2. The highest BCUT2D eigenvalue weighted by atomic mass is 16.5. The molecule has 2 aromatic rings. The fourth-order valence-electron chi connectivity index (χ4n) is 1.86. The summed E-state index contributed by atoms with van der Waals surface area (Å²) in [5.74, 6) is 0.279. The minimum absolute atomic E-state index is 0.391. The third-order valence-corrected chi connectivity index (χ3v) is 2.70. The second kappa shape index (κ2) is 6.21. The molecule has 0 spiro atoms. The molecule has 0 aromatic carbocycles. The van der Waals surface area contributed by atoms with E-state index >= 15 is 0 Å². The summed E-state index contributed by atoms with van der Waals surface area (Å²) in [6, 6.07) is 0.630. The van der Waals surface area contributed by atoms with E-state index in [0.29, 0.717) is 29.7 Å². The Labute approximate surface area is 121 Å². The topological polar surface area (TPSA) is 102 Å². The van der Waals surface area contributed by atoms with Gasteiger partial charge in [0.1, 0.15) is 11.6 Å². The van der Waals surface area contributed by atoms with Gasteiger partial charge in [0.2, 0.25) is 5.88 Å². The van der Waals surface area contributed by atoms with Crippen molar-refractivity contribution < 1.29 is 14.6 Å². The summed E-state index contributed by atoms with van der Waals surface area (Å²) in [6.07, 6.45) is 3.15. The maximum Gasteiger partial charge on any atom is 0.330 e. The number of aliphatic carboxylic acids is 1. The molecule has 2 aromatic heterocycles. The summed E-state index contributed by atoms with van der Waals surface area (Å²) in [6.45, 7) is 4.04. The van der Waals surface area contributed by atoms with Gasteiger partial charge in [-0.25, -0.2) is 9.78 Å². The first kappa shape index (κ1) is 14.8. The molecule has 0 amide bonds. The van der Waals surface area contributed by atoms with E-state index in [2.05, 4.69) is 20.4 Å². The normalized spacial score (nSPS) is 12.0. The van der Waals surface area contributed by atoms with E-state index in [1.807, 2.05) is 6.92 Å². The van der Waals surface area contributed by atoms with Crippen molar-refractivity contribution in [1.82, 2.24) is 19.7 Å². The molecule has 2 heterocycles. The molecule has 8 heteroatoms. The van der Waals surface area contributed by atoms with E-state index in [0.717, 1.165) is 0 Å². The van der Waals surface area contributed by atoms with Crippen molar-refractivity contribution in [1.29, 1.82) is 0 Å². The molecule has 0 fully saturated rings. The quantitative estimate of drug-likeness (QED) is 0.823. The van der Waals surface area contributed by atoms with E-state index in [9.17, 15) is 9.90 Å². The molecule has 8 nitrogen and oxygen atoms in total.